The van der Waals surface area contributed by atoms with Crippen LogP contribution in [-0.2, 0) is 20.9 Å². The van der Waals surface area contributed by atoms with E-state index in [-0.39, 0.29) is 19.2 Å². The Hall–Kier alpha value is -1.65. The molecule has 1 atom stereocenters. The van der Waals surface area contributed by atoms with E-state index >= 15 is 0 Å². The first kappa shape index (κ1) is 14.4. The van der Waals surface area contributed by atoms with E-state index in [0.717, 1.165) is 5.56 Å². The van der Waals surface area contributed by atoms with Gasteiger partial charge in [0, 0.05) is 6.92 Å². The van der Waals surface area contributed by atoms with Crippen molar-refractivity contribution in [2.45, 2.75) is 19.6 Å². The molecule has 0 spiro atoms. The number of rotatable bonds is 7. The van der Waals surface area contributed by atoms with Gasteiger partial charge < -0.3 is 14.6 Å². The Morgan fingerprint density at radius 2 is 2.11 bits per heavy atom. The molecule has 0 aliphatic rings. The standard InChI is InChI=1S/C14H18O4/c1-12(15)18-9-5-8-14(16)11-17-10-13-6-3-2-4-7-13/h2-8,14,16H,9-11H2,1H3/b8-5+/t14-/m0/s1. The monoisotopic (exact) mass is 250 g/mol. The molecule has 0 bridgehead atoms. The maximum atomic E-state index is 10.5. The molecule has 4 heteroatoms. The number of ether oxygens (including phenoxy) is 2. The van der Waals surface area contributed by atoms with Gasteiger partial charge in [0.15, 0.2) is 0 Å². The third kappa shape index (κ3) is 6.83. The number of hydrogen-bond acceptors (Lipinski definition) is 4. The van der Waals surface area contributed by atoms with Crippen molar-refractivity contribution in [3.05, 3.63) is 48.0 Å². The van der Waals surface area contributed by atoms with E-state index in [1.165, 1.54) is 6.92 Å². The highest BCUT2D eigenvalue weighted by Crippen LogP contribution is 2.01. The summed E-state index contributed by atoms with van der Waals surface area (Å²) in [7, 11) is 0. The van der Waals surface area contributed by atoms with E-state index in [1.807, 2.05) is 30.3 Å². The fourth-order valence-corrected chi connectivity index (χ4v) is 1.31. The quantitative estimate of drug-likeness (QED) is 0.591. The zero-order valence-electron chi connectivity index (χ0n) is 10.4. The largest absolute Gasteiger partial charge is 0.462 e. The molecule has 0 aliphatic heterocycles. The van der Waals surface area contributed by atoms with E-state index in [4.69, 9.17) is 4.74 Å². The van der Waals surface area contributed by atoms with Gasteiger partial charge in [-0.3, -0.25) is 4.79 Å². The van der Waals surface area contributed by atoms with E-state index in [2.05, 4.69) is 4.74 Å². The van der Waals surface area contributed by atoms with E-state index in [0.29, 0.717) is 6.61 Å². The summed E-state index contributed by atoms with van der Waals surface area (Å²) in [6.45, 7) is 2.19. The molecular formula is C14H18O4. The van der Waals surface area contributed by atoms with Crippen LogP contribution in [-0.4, -0.2) is 30.4 Å². The molecule has 0 saturated carbocycles. The molecule has 0 saturated heterocycles. The molecule has 0 fully saturated rings. The van der Waals surface area contributed by atoms with Crippen molar-refractivity contribution in [1.29, 1.82) is 0 Å². The predicted molar refractivity (Wildman–Crippen MR) is 67.9 cm³/mol. The van der Waals surface area contributed by atoms with Crippen molar-refractivity contribution in [1.82, 2.24) is 0 Å². The lowest BCUT2D eigenvalue weighted by Gasteiger charge is -2.07. The van der Waals surface area contributed by atoms with Crippen LogP contribution in [0.4, 0.5) is 0 Å². The van der Waals surface area contributed by atoms with Crippen LogP contribution in [0.25, 0.3) is 0 Å². The molecular weight excluding hydrogens is 232 g/mol. The van der Waals surface area contributed by atoms with Crippen molar-refractivity contribution >= 4 is 5.97 Å². The zero-order valence-corrected chi connectivity index (χ0v) is 10.4. The summed E-state index contributed by atoms with van der Waals surface area (Å²) in [6.07, 6.45) is 2.45. The molecule has 0 unspecified atom stereocenters. The van der Waals surface area contributed by atoms with Gasteiger partial charge in [0.2, 0.25) is 0 Å². The first-order valence-corrected chi connectivity index (χ1v) is 5.78. The summed E-state index contributed by atoms with van der Waals surface area (Å²) in [5, 5.41) is 9.54. The second-order valence-electron chi connectivity index (χ2n) is 3.80. The number of aliphatic hydroxyl groups is 1. The molecule has 1 rings (SSSR count). The maximum Gasteiger partial charge on any atom is 0.302 e. The second-order valence-corrected chi connectivity index (χ2v) is 3.80. The van der Waals surface area contributed by atoms with Crippen LogP contribution in [0.1, 0.15) is 12.5 Å². The molecule has 1 N–H and O–H groups in total. The van der Waals surface area contributed by atoms with Crippen LogP contribution in [0.5, 0.6) is 0 Å². The van der Waals surface area contributed by atoms with Gasteiger partial charge in [-0.05, 0) is 11.6 Å². The van der Waals surface area contributed by atoms with Gasteiger partial charge in [-0.2, -0.15) is 0 Å². The highest BCUT2D eigenvalue weighted by atomic mass is 16.5. The number of hydrogen-bond donors (Lipinski definition) is 1. The van der Waals surface area contributed by atoms with Crippen LogP contribution in [0.3, 0.4) is 0 Å². The summed E-state index contributed by atoms with van der Waals surface area (Å²) in [4.78, 5) is 10.5. The number of aliphatic hydroxyl groups excluding tert-OH is 1. The molecule has 1 aromatic rings. The van der Waals surface area contributed by atoms with Crippen molar-refractivity contribution in [2.75, 3.05) is 13.2 Å². The number of esters is 1. The van der Waals surface area contributed by atoms with Crippen molar-refractivity contribution < 1.29 is 19.4 Å². The van der Waals surface area contributed by atoms with Gasteiger partial charge in [0.1, 0.15) is 6.61 Å². The molecule has 98 valence electrons. The van der Waals surface area contributed by atoms with Crippen LogP contribution in [0, 0.1) is 0 Å². The van der Waals surface area contributed by atoms with Crippen molar-refractivity contribution in [2.24, 2.45) is 0 Å². The highest BCUT2D eigenvalue weighted by Gasteiger charge is 1.99. The Bertz CT molecular complexity index is 373. The van der Waals surface area contributed by atoms with Gasteiger partial charge in [0.05, 0.1) is 19.3 Å². The molecule has 4 nitrogen and oxygen atoms in total. The molecule has 0 aliphatic carbocycles. The zero-order chi connectivity index (χ0) is 13.2. The topological polar surface area (TPSA) is 55.8 Å². The van der Waals surface area contributed by atoms with Gasteiger partial charge in [-0.25, -0.2) is 0 Å². The molecule has 18 heavy (non-hydrogen) atoms. The van der Waals surface area contributed by atoms with Crippen LogP contribution in [0.2, 0.25) is 0 Å². The third-order valence-electron chi connectivity index (χ3n) is 2.14. The minimum atomic E-state index is -0.690. The minimum Gasteiger partial charge on any atom is -0.462 e. The first-order chi connectivity index (χ1) is 8.68. The van der Waals surface area contributed by atoms with Crippen LogP contribution >= 0.6 is 0 Å². The van der Waals surface area contributed by atoms with Crippen molar-refractivity contribution in [3.63, 3.8) is 0 Å². The summed E-state index contributed by atoms with van der Waals surface area (Å²) in [6, 6.07) is 9.74. The van der Waals surface area contributed by atoms with E-state index in [9.17, 15) is 9.90 Å². The van der Waals surface area contributed by atoms with Gasteiger partial charge in [0.25, 0.3) is 0 Å². The lowest BCUT2D eigenvalue weighted by molar-refractivity contribution is -0.139. The Labute approximate surface area is 107 Å². The van der Waals surface area contributed by atoms with Gasteiger partial charge in [-0.15, -0.1) is 0 Å². The fraction of sp³-hybridized carbons (Fsp3) is 0.357. The first-order valence-electron chi connectivity index (χ1n) is 5.78. The van der Waals surface area contributed by atoms with E-state index in [1.54, 1.807) is 12.2 Å². The van der Waals surface area contributed by atoms with Gasteiger partial charge >= 0.3 is 5.97 Å². The predicted octanol–water partition coefficient (Wildman–Crippen LogP) is 1.68. The molecule has 0 heterocycles. The Balaban J connectivity index is 2.13. The SMILES string of the molecule is CC(=O)OC/C=C/[C@H](O)COCc1ccccc1. The summed E-state index contributed by atoms with van der Waals surface area (Å²) >= 11 is 0. The Morgan fingerprint density at radius 3 is 2.78 bits per heavy atom. The second kappa shape index (κ2) is 8.44. The summed E-state index contributed by atoms with van der Waals surface area (Å²) in [5.74, 6) is -0.338. The van der Waals surface area contributed by atoms with E-state index < -0.39 is 6.10 Å². The Kier molecular flexibility index (Phi) is 6.76. The molecule has 0 amide bonds. The molecule has 0 aromatic heterocycles. The number of carbonyl (C=O) groups excluding carboxylic acids is 1. The molecule has 0 radical (unpaired) electrons. The third-order valence-corrected chi connectivity index (χ3v) is 2.14. The highest BCUT2D eigenvalue weighted by molar-refractivity contribution is 5.65. The lowest BCUT2D eigenvalue weighted by Crippen LogP contribution is -2.12. The number of benzene rings is 1. The minimum absolute atomic E-state index is 0.172. The Morgan fingerprint density at radius 1 is 1.39 bits per heavy atom. The summed E-state index contributed by atoms with van der Waals surface area (Å²) < 4.78 is 10.0. The lowest BCUT2D eigenvalue weighted by atomic mass is 10.2. The average molecular weight is 250 g/mol. The fourth-order valence-electron chi connectivity index (χ4n) is 1.31. The summed E-state index contributed by atoms with van der Waals surface area (Å²) in [5.41, 5.74) is 1.06. The van der Waals surface area contributed by atoms with Crippen LogP contribution in [0.15, 0.2) is 42.5 Å². The normalized spacial score (nSPS) is 12.6. The van der Waals surface area contributed by atoms with Crippen molar-refractivity contribution in [3.8, 4) is 0 Å². The van der Waals surface area contributed by atoms with Gasteiger partial charge in [-0.1, -0.05) is 36.4 Å². The maximum absolute atomic E-state index is 10.5. The molecule has 1 aromatic carbocycles. The van der Waals surface area contributed by atoms with Crippen LogP contribution < -0.4 is 0 Å². The smallest absolute Gasteiger partial charge is 0.302 e. The average Bonchev–Trinajstić information content (AvgIpc) is 2.36. The number of carbonyl (C=O) groups is 1.